The van der Waals surface area contributed by atoms with Crippen molar-refractivity contribution in [2.24, 2.45) is 0 Å². The average molecular weight is 260 g/mol. The van der Waals surface area contributed by atoms with Gasteiger partial charge in [0.25, 0.3) is 0 Å². The summed E-state index contributed by atoms with van der Waals surface area (Å²) in [6.45, 7) is 6.09. The summed E-state index contributed by atoms with van der Waals surface area (Å²) in [7, 11) is 0. The van der Waals surface area contributed by atoms with Crippen LogP contribution in [0, 0.1) is 0 Å². The van der Waals surface area contributed by atoms with Gasteiger partial charge in [0.15, 0.2) is 0 Å². The van der Waals surface area contributed by atoms with Gasteiger partial charge in [-0.25, -0.2) is 0 Å². The highest BCUT2D eigenvalue weighted by Gasteiger charge is 2.20. The van der Waals surface area contributed by atoms with Crippen LogP contribution in [0.15, 0.2) is 24.3 Å². The van der Waals surface area contributed by atoms with E-state index in [4.69, 9.17) is 4.74 Å². The highest BCUT2D eigenvalue weighted by atomic mass is 16.5. The zero-order chi connectivity index (χ0) is 12.9. The Balaban J connectivity index is 1.61. The molecule has 0 atom stereocenters. The summed E-state index contributed by atoms with van der Waals surface area (Å²) >= 11 is 0. The quantitative estimate of drug-likeness (QED) is 0.878. The van der Waals surface area contributed by atoms with Crippen LogP contribution in [0.3, 0.4) is 0 Å². The smallest absolute Gasteiger partial charge is 0.0593 e. The Labute approximate surface area is 115 Å². The Morgan fingerprint density at radius 2 is 1.95 bits per heavy atom. The van der Waals surface area contributed by atoms with Crippen LogP contribution in [0.4, 0.5) is 0 Å². The summed E-state index contributed by atoms with van der Waals surface area (Å²) in [5, 5.41) is 3.62. The molecule has 1 aliphatic carbocycles. The number of benzene rings is 1. The summed E-state index contributed by atoms with van der Waals surface area (Å²) < 4.78 is 5.53. The van der Waals surface area contributed by atoms with E-state index in [0.717, 1.165) is 51.9 Å². The summed E-state index contributed by atoms with van der Waals surface area (Å²) in [4.78, 5) is 2.52. The number of rotatable bonds is 5. The second-order valence-corrected chi connectivity index (χ2v) is 5.67. The van der Waals surface area contributed by atoms with Gasteiger partial charge in [-0.3, -0.25) is 4.90 Å². The van der Waals surface area contributed by atoms with Gasteiger partial charge in [-0.2, -0.15) is 0 Å². The Kier molecular flexibility index (Phi) is 4.49. The molecule has 0 bridgehead atoms. The van der Waals surface area contributed by atoms with Crippen LogP contribution in [0.25, 0.3) is 0 Å². The van der Waals surface area contributed by atoms with E-state index >= 15 is 0 Å². The second-order valence-electron chi connectivity index (χ2n) is 5.67. The molecule has 2 aliphatic rings. The van der Waals surface area contributed by atoms with Crippen molar-refractivity contribution in [1.82, 2.24) is 10.2 Å². The van der Waals surface area contributed by atoms with Gasteiger partial charge in [0, 0.05) is 38.8 Å². The average Bonchev–Trinajstić information content (AvgIpc) is 3.25. The highest BCUT2D eigenvalue weighted by molar-refractivity contribution is 5.27. The first-order chi connectivity index (χ1) is 9.42. The predicted octanol–water partition coefficient (Wildman–Crippen LogP) is 2.16. The van der Waals surface area contributed by atoms with Crippen molar-refractivity contribution in [3.8, 4) is 0 Å². The van der Waals surface area contributed by atoms with Crippen molar-refractivity contribution in [2.45, 2.75) is 38.4 Å². The lowest BCUT2D eigenvalue weighted by Crippen LogP contribution is -2.27. The number of hydrogen-bond donors (Lipinski definition) is 1. The van der Waals surface area contributed by atoms with E-state index in [0.29, 0.717) is 0 Å². The van der Waals surface area contributed by atoms with Gasteiger partial charge in [0.1, 0.15) is 0 Å². The minimum atomic E-state index is 0.777. The molecule has 0 unspecified atom stereocenters. The molecule has 0 aromatic heterocycles. The fourth-order valence-corrected chi connectivity index (χ4v) is 2.62. The SMILES string of the molecule is c1ccc(CN2CCCOCC2)c(CNC2CC2)c1. The van der Waals surface area contributed by atoms with E-state index in [9.17, 15) is 0 Å². The maximum atomic E-state index is 5.53. The number of hydrogen-bond acceptors (Lipinski definition) is 3. The lowest BCUT2D eigenvalue weighted by Gasteiger charge is -2.21. The van der Waals surface area contributed by atoms with E-state index in [1.807, 2.05) is 0 Å². The van der Waals surface area contributed by atoms with Crippen molar-refractivity contribution < 1.29 is 4.74 Å². The molecular weight excluding hydrogens is 236 g/mol. The molecule has 2 fully saturated rings. The lowest BCUT2D eigenvalue weighted by molar-refractivity contribution is 0.140. The van der Waals surface area contributed by atoms with Gasteiger partial charge in [-0.15, -0.1) is 0 Å². The van der Waals surface area contributed by atoms with E-state index in [2.05, 4.69) is 34.5 Å². The molecule has 1 aromatic carbocycles. The number of nitrogens with one attached hydrogen (secondary N) is 1. The third-order valence-corrected chi connectivity index (χ3v) is 3.99. The molecule has 1 aliphatic heterocycles. The van der Waals surface area contributed by atoms with Crippen molar-refractivity contribution in [3.63, 3.8) is 0 Å². The Hall–Kier alpha value is -0.900. The van der Waals surface area contributed by atoms with Crippen LogP contribution in [-0.4, -0.2) is 37.2 Å². The zero-order valence-electron chi connectivity index (χ0n) is 11.6. The molecule has 0 radical (unpaired) electrons. The molecule has 3 heteroatoms. The number of nitrogens with zero attached hydrogens (tertiary/aromatic N) is 1. The standard InChI is InChI=1S/C16H24N2O/c1-2-5-15(13-18-8-3-10-19-11-9-18)14(4-1)12-17-16-6-7-16/h1-2,4-5,16-17H,3,6-13H2. The van der Waals surface area contributed by atoms with Crippen molar-refractivity contribution in [3.05, 3.63) is 35.4 Å². The predicted molar refractivity (Wildman–Crippen MR) is 77.0 cm³/mol. The molecule has 0 spiro atoms. The van der Waals surface area contributed by atoms with Crippen molar-refractivity contribution in [2.75, 3.05) is 26.3 Å². The van der Waals surface area contributed by atoms with Gasteiger partial charge in [0.05, 0.1) is 6.61 Å². The molecule has 3 nitrogen and oxygen atoms in total. The van der Waals surface area contributed by atoms with Gasteiger partial charge < -0.3 is 10.1 Å². The van der Waals surface area contributed by atoms with Crippen LogP contribution in [-0.2, 0) is 17.8 Å². The molecule has 1 saturated carbocycles. The van der Waals surface area contributed by atoms with Crippen LogP contribution in [0.2, 0.25) is 0 Å². The molecule has 0 amide bonds. The molecular formula is C16H24N2O. The summed E-state index contributed by atoms with van der Waals surface area (Å²) in [5.41, 5.74) is 2.93. The van der Waals surface area contributed by atoms with E-state index in [-0.39, 0.29) is 0 Å². The molecule has 1 saturated heterocycles. The molecule has 1 aromatic rings. The lowest BCUT2D eigenvalue weighted by atomic mass is 10.1. The monoisotopic (exact) mass is 260 g/mol. The maximum absolute atomic E-state index is 5.53. The van der Waals surface area contributed by atoms with Crippen molar-refractivity contribution in [1.29, 1.82) is 0 Å². The summed E-state index contributed by atoms with van der Waals surface area (Å²) in [5.74, 6) is 0. The fraction of sp³-hybridized carbons (Fsp3) is 0.625. The van der Waals surface area contributed by atoms with E-state index < -0.39 is 0 Å². The third-order valence-electron chi connectivity index (χ3n) is 3.99. The van der Waals surface area contributed by atoms with Crippen LogP contribution in [0.5, 0.6) is 0 Å². The zero-order valence-corrected chi connectivity index (χ0v) is 11.6. The molecule has 104 valence electrons. The Morgan fingerprint density at radius 1 is 1.11 bits per heavy atom. The molecule has 1 N–H and O–H groups in total. The van der Waals surface area contributed by atoms with E-state index in [1.54, 1.807) is 0 Å². The first kappa shape index (κ1) is 13.1. The Bertz CT molecular complexity index is 395. The second kappa shape index (κ2) is 6.51. The molecule has 19 heavy (non-hydrogen) atoms. The summed E-state index contributed by atoms with van der Waals surface area (Å²) in [6.07, 6.45) is 3.86. The first-order valence-electron chi connectivity index (χ1n) is 7.52. The minimum Gasteiger partial charge on any atom is -0.380 e. The largest absolute Gasteiger partial charge is 0.380 e. The van der Waals surface area contributed by atoms with Crippen LogP contribution in [0.1, 0.15) is 30.4 Å². The third kappa shape index (κ3) is 4.03. The van der Waals surface area contributed by atoms with Crippen LogP contribution < -0.4 is 5.32 Å². The first-order valence-corrected chi connectivity index (χ1v) is 7.52. The molecule has 3 rings (SSSR count). The minimum absolute atomic E-state index is 0.777. The summed E-state index contributed by atoms with van der Waals surface area (Å²) in [6, 6.07) is 9.62. The van der Waals surface area contributed by atoms with Gasteiger partial charge >= 0.3 is 0 Å². The van der Waals surface area contributed by atoms with E-state index in [1.165, 1.54) is 24.0 Å². The normalized spacial score (nSPS) is 21.3. The van der Waals surface area contributed by atoms with Crippen molar-refractivity contribution >= 4 is 0 Å². The number of ether oxygens (including phenoxy) is 1. The van der Waals surface area contributed by atoms with Gasteiger partial charge in [-0.05, 0) is 30.4 Å². The fourth-order valence-electron chi connectivity index (χ4n) is 2.62. The topological polar surface area (TPSA) is 24.5 Å². The van der Waals surface area contributed by atoms with Gasteiger partial charge in [0.2, 0.25) is 0 Å². The highest BCUT2D eigenvalue weighted by Crippen LogP contribution is 2.20. The van der Waals surface area contributed by atoms with Crippen LogP contribution >= 0.6 is 0 Å². The Morgan fingerprint density at radius 3 is 2.79 bits per heavy atom. The molecule has 1 heterocycles. The maximum Gasteiger partial charge on any atom is 0.0593 e. The van der Waals surface area contributed by atoms with Gasteiger partial charge in [-0.1, -0.05) is 24.3 Å².